The highest BCUT2D eigenvalue weighted by molar-refractivity contribution is 5.77. The van der Waals surface area contributed by atoms with Crippen molar-refractivity contribution in [1.82, 2.24) is 19.9 Å². The summed E-state index contributed by atoms with van der Waals surface area (Å²) in [6.07, 6.45) is 4.53. The summed E-state index contributed by atoms with van der Waals surface area (Å²) in [5, 5.41) is 9.11. The molecule has 2 aliphatic rings. The predicted octanol–water partition coefficient (Wildman–Crippen LogP) is 2.73. The number of aromatic amines is 1. The van der Waals surface area contributed by atoms with Gasteiger partial charge in [-0.25, -0.2) is 14.4 Å². The van der Waals surface area contributed by atoms with Crippen molar-refractivity contribution in [2.45, 2.75) is 37.3 Å². The highest BCUT2D eigenvalue weighted by atomic mass is 19.1. The largest absolute Gasteiger partial charge is 0.472 e. The van der Waals surface area contributed by atoms with Crippen LogP contribution in [0.2, 0.25) is 0 Å². The number of ether oxygens (including phenoxy) is 1. The first-order valence-corrected chi connectivity index (χ1v) is 10.1. The van der Waals surface area contributed by atoms with Crippen LogP contribution in [-0.2, 0) is 0 Å². The summed E-state index contributed by atoms with van der Waals surface area (Å²) in [6, 6.07) is 10.0. The van der Waals surface area contributed by atoms with Crippen LogP contribution in [0.3, 0.4) is 0 Å². The quantitative estimate of drug-likeness (QED) is 0.717. The highest BCUT2D eigenvalue weighted by Crippen LogP contribution is 2.37. The SMILES string of the molecule is N#Cc1ccc(OC2CN(C3CCC(c4nc5ccc(F)cc5c(=O)[nH]4)C3)C2)nc1. The molecule has 2 unspecified atom stereocenters. The van der Waals surface area contributed by atoms with Gasteiger partial charge in [0.05, 0.1) is 16.5 Å². The molecule has 7 nitrogen and oxygen atoms in total. The molecule has 3 heterocycles. The van der Waals surface area contributed by atoms with E-state index in [0.717, 1.165) is 32.4 Å². The van der Waals surface area contributed by atoms with Gasteiger partial charge in [0.15, 0.2) is 0 Å². The maximum absolute atomic E-state index is 13.4. The molecule has 2 fully saturated rings. The van der Waals surface area contributed by atoms with E-state index in [0.29, 0.717) is 28.8 Å². The lowest BCUT2D eigenvalue weighted by Crippen LogP contribution is -2.57. The number of rotatable bonds is 4. The van der Waals surface area contributed by atoms with Gasteiger partial charge in [-0.2, -0.15) is 5.26 Å². The van der Waals surface area contributed by atoms with Gasteiger partial charge in [-0.1, -0.05) is 0 Å². The second-order valence-corrected chi connectivity index (χ2v) is 7.97. The van der Waals surface area contributed by atoms with Crippen LogP contribution < -0.4 is 10.3 Å². The van der Waals surface area contributed by atoms with E-state index in [9.17, 15) is 9.18 Å². The normalized spacial score (nSPS) is 22.0. The lowest BCUT2D eigenvalue weighted by molar-refractivity contribution is -0.0100. The number of halogens is 1. The maximum Gasteiger partial charge on any atom is 0.258 e. The van der Waals surface area contributed by atoms with Crippen molar-refractivity contribution < 1.29 is 9.13 Å². The fourth-order valence-electron chi connectivity index (χ4n) is 4.39. The smallest absolute Gasteiger partial charge is 0.258 e. The Morgan fingerprint density at radius 2 is 2.10 bits per heavy atom. The van der Waals surface area contributed by atoms with Gasteiger partial charge in [0.2, 0.25) is 5.88 Å². The van der Waals surface area contributed by atoms with Gasteiger partial charge in [0.25, 0.3) is 5.56 Å². The molecule has 0 amide bonds. The van der Waals surface area contributed by atoms with Crippen LogP contribution in [0.25, 0.3) is 10.9 Å². The Balaban J connectivity index is 1.20. The van der Waals surface area contributed by atoms with E-state index in [1.165, 1.54) is 18.3 Å². The Morgan fingerprint density at radius 1 is 1.23 bits per heavy atom. The molecule has 1 aliphatic heterocycles. The number of nitriles is 1. The minimum absolute atomic E-state index is 0.0954. The van der Waals surface area contributed by atoms with Crippen molar-refractivity contribution >= 4 is 10.9 Å². The molecule has 152 valence electrons. The number of hydrogen-bond acceptors (Lipinski definition) is 6. The summed E-state index contributed by atoms with van der Waals surface area (Å²) < 4.78 is 19.3. The lowest BCUT2D eigenvalue weighted by Gasteiger charge is -2.42. The van der Waals surface area contributed by atoms with Crippen molar-refractivity contribution in [2.75, 3.05) is 13.1 Å². The van der Waals surface area contributed by atoms with Crippen molar-refractivity contribution in [2.24, 2.45) is 0 Å². The monoisotopic (exact) mass is 405 g/mol. The number of nitrogens with zero attached hydrogens (tertiary/aromatic N) is 4. The zero-order chi connectivity index (χ0) is 20.7. The van der Waals surface area contributed by atoms with Crippen LogP contribution >= 0.6 is 0 Å². The van der Waals surface area contributed by atoms with Gasteiger partial charge in [0, 0.05) is 37.3 Å². The Bertz CT molecular complexity index is 1180. The van der Waals surface area contributed by atoms with Gasteiger partial charge < -0.3 is 9.72 Å². The predicted molar refractivity (Wildman–Crippen MR) is 108 cm³/mol. The molecule has 8 heteroatoms. The topological polar surface area (TPSA) is 94.9 Å². The minimum Gasteiger partial charge on any atom is -0.472 e. The van der Waals surface area contributed by atoms with Crippen LogP contribution in [0.4, 0.5) is 4.39 Å². The Kier molecular flexibility index (Phi) is 4.68. The number of H-pyrrole nitrogens is 1. The number of fused-ring (bicyclic) bond motifs is 1. The van der Waals surface area contributed by atoms with E-state index >= 15 is 0 Å². The summed E-state index contributed by atoms with van der Waals surface area (Å²) in [6.45, 7) is 1.67. The molecule has 1 saturated heterocycles. The fourth-order valence-corrected chi connectivity index (χ4v) is 4.39. The van der Waals surface area contributed by atoms with Gasteiger partial charge in [-0.05, 0) is 43.5 Å². The van der Waals surface area contributed by atoms with Crippen molar-refractivity contribution in [3.63, 3.8) is 0 Å². The molecule has 0 bridgehead atoms. The third-order valence-electron chi connectivity index (χ3n) is 6.02. The van der Waals surface area contributed by atoms with Gasteiger partial charge in [-0.15, -0.1) is 0 Å². The Morgan fingerprint density at radius 3 is 2.87 bits per heavy atom. The van der Waals surface area contributed by atoms with E-state index in [-0.39, 0.29) is 23.0 Å². The van der Waals surface area contributed by atoms with Gasteiger partial charge >= 0.3 is 0 Å². The molecular weight excluding hydrogens is 385 g/mol. The average molecular weight is 405 g/mol. The average Bonchev–Trinajstić information content (AvgIpc) is 3.21. The molecule has 0 spiro atoms. The fraction of sp³-hybridized carbons (Fsp3) is 0.364. The minimum atomic E-state index is -0.436. The highest BCUT2D eigenvalue weighted by Gasteiger charge is 2.38. The first-order valence-electron chi connectivity index (χ1n) is 10.1. The third kappa shape index (κ3) is 3.53. The molecule has 2 atom stereocenters. The third-order valence-corrected chi connectivity index (χ3v) is 6.02. The zero-order valence-electron chi connectivity index (χ0n) is 16.2. The van der Waals surface area contributed by atoms with Crippen LogP contribution in [0, 0.1) is 17.1 Å². The number of aromatic nitrogens is 3. The molecule has 2 aromatic heterocycles. The summed E-state index contributed by atoms with van der Waals surface area (Å²) in [5.74, 6) is 0.987. The number of benzene rings is 1. The maximum atomic E-state index is 13.4. The molecule has 1 aliphatic carbocycles. The van der Waals surface area contributed by atoms with Crippen molar-refractivity contribution in [3.8, 4) is 11.9 Å². The number of pyridine rings is 1. The van der Waals surface area contributed by atoms with E-state index in [2.05, 4.69) is 19.9 Å². The standard InChI is InChI=1S/C22H20FN5O2/c23-15-3-5-19-18(8-15)22(29)27-21(26-19)14-2-4-16(7-14)28-11-17(12-28)30-20-6-1-13(9-24)10-25-20/h1,3,5-6,8,10,14,16-17H,2,4,7,11-12H2,(H,26,27,29). The summed E-state index contributed by atoms with van der Waals surface area (Å²) in [7, 11) is 0. The van der Waals surface area contributed by atoms with Gasteiger partial charge in [-0.3, -0.25) is 9.69 Å². The molecule has 1 saturated carbocycles. The van der Waals surface area contributed by atoms with E-state index in [4.69, 9.17) is 10.00 Å². The first kappa shape index (κ1) is 18.7. The van der Waals surface area contributed by atoms with Crippen molar-refractivity contribution in [1.29, 1.82) is 5.26 Å². The van der Waals surface area contributed by atoms with E-state index in [1.807, 2.05) is 6.07 Å². The molecule has 1 aromatic carbocycles. The van der Waals surface area contributed by atoms with Crippen LogP contribution in [0.1, 0.15) is 36.6 Å². The first-order chi connectivity index (χ1) is 14.6. The number of nitrogens with one attached hydrogen (secondary N) is 1. The molecule has 0 radical (unpaired) electrons. The summed E-state index contributed by atoms with van der Waals surface area (Å²) in [4.78, 5) is 26.3. The summed E-state index contributed by atoms with van der Waals surface area (Å²) >= 11 is 0. The molecule has 3 aromatic rings. The second kappa shape index (κ2) is 7.50. The molecule has 1 N–H and O–H groups in total. The second-order valence-electron chi connectivity index (χ2n) is 7.97. The Hall–Kier alpha value is -3.31. The number of likely N-dealkylation sites (tertiary alicyclic amines) is 1. The van der Waals surface area contributed by atoms with E-state index < -0.39 is 5.82 Å². The zero-order valence-corrected chi connectivity index (χ0v) is 16.2. The number of hydrogen-bond donors (Lipinski definition) is 1. The molecular formula is C22H20FN5O2. The Labute approximate surface area is 172 Å². The van der Waals surface area contributed by atoms with Gasteiger partial charge in [0.1, 0.15) is 23.8 Å². The molecule has 5 rings (SSSR count). The lowest BCUT2D eigenvalue weighted by atomic mass is 10.0. The van der Waals surface area contributed by atoms with Crippen LogP contribution in [-0.4, -0.2) is 45.1 Å². The van der Waals surface area contributed by atoms with Crippen molar-refractivity contribution in [3.05, 3.63) is 64.1 Å². The van der Waals surface area contributed by atoms with E-state index in [1.54, 1.807) is 18.2 Å². The van der Waals surface area contributed by atoms with Crippen LogP contribution in [0.15, 0.2) is 41.3 Å². The molecule has 30 heavy (non-hydrogen) atoms. The summed E-state index contributed by atoms with van der Waals surface area (Å²) in [5.41, 5.74) is 0.760. The van der Waals surface area contributed by atoms with Crippen LogP contribution in [0.5, 0.6) is 5.88 Å².